The molecule has 6 nitrogen and oxygen atoms in total. The number of aromatic nitrogens is 2. The van der Waals surface area contributed by atoms with Crippen LogP contribution in [0, 0.1) is 0 Å². The number of sulfonamides is 1. The van der Waals surface area contributed by atoms with E-state index >= 15 is 0 Å². The Morgan fingerprint density at radius 1 is 1.38 bits per heavy atom. The standard InChI is InChI=1S/C16H22N4O2S.ClH/c1-12(2)20-11-14(9-18-20)23(21,22)19-10-16-15-6-4-3-5-13(15)7-8-17-16;/h3-6,9,11-12,16-17,19H,7-8,10H2,1-2H3;1H. The van der Waals surface area contributed by atoms with Crippen LogP contribution >= 0.6 is 12.4 Å². The maximum atomic E-state index is 12.4. The summed E-state index contributed by atoms with van der Waals surface area (Å²) in [5.74, 6) is 0. The third-order valence-electron chi connectivity index (χ3n) is 4.11. The second kappa shape index (κ2) is 7.65. The Hall–Kier alpha value is -1.41. The van der Waals surface area contributed by atoms with Crippen LogP contribution in [0.4, 0.5) is 0 Å². The molecule has 0 spiro atoms. The first-order valence-corrected chi connectivity index (χ1v) is 9.31. The van der Waals surface area contributed by atoms with E-state index in [1.807, 2.05) is 26.0 Å². The van der Waals surface area contributed by atoms with E-state index in [2.05, 4.69) is 27.3 Å². The molecule has 1 aromatic carbocycles. The maximum absolute atomic E-state index is 12.4. The van der Waals surface area contributed by atoms with Gasteiger partial charge in [-0.15, -0.1) is 12.4 Å². The zero-order chi connectivity index (χ0) is 16.4. The lowest BCUT2D eigenvalue weighted by atomic mass is 9.95. The minimum Gasteiger partial charge on any atom is -0.308 e. The second-order valence-electron chi connectivity index (χ2n) is 6.06. The van der Waals surface area contributed by atoms with Gasteiger partial charge in [-0.25, -0.2) is 13.1 Å². The van der Waals surface area contributed by atoms with Crippen molar-refractivity contribution in [2.45, 2.75) is 37.2 Å². The Kier molecular flexibility index (Phi) is 6.03. The van der Waals surface area contributed by atoms with Crippen LogP contribution in [0.2, 0.25) is 0 Å². The topological polar surface area (TPSA) is 76.0 Å². The molecule has 1 atom stereocenters. The normalized spacial score (nSPS) is 17.4. The number of hydrogen-bond donors (Lipinski definition) is 2. The fraction of sp³-hybridized carbons (Fsp3) is 0.438. The molecule has 1 aromatic heterocycles. The SMILES string of the molecule is CC(C)n1cc(S(=O)(=O)NCC2NCCc3ccccc32)cn1.Cl. The third kappa shape index (κ3) is 3.97. The van der Waals surface area contributed by atoms with Crippen LogP contribution in [-0.4, -0.2) is 31.3 Å². The summed E-state index contributed by atoms with van der Waals surface area (Å²) in [7, 11) is -3.55. The quantitative estimate of drug-likeness (QED) is 0.844. The van der Waals surface area contributed by atoms with Gasteiger partial charge in [0.05, 0.1) is 6.20 Å². The number of benzene rings is 1. The summed E-state index contributed by atoms with van der Waals surface area (Å²) >= 11 is 0. The Morgan fingerprint density at radius 3 is 2.83 bits per heavy atom. The summed E-state index contributed by atoms with van der Waals surface area (Å²) in [6.45, 7) is 5.10. The van der Waals surface area contributed by atoms with Gasteiger partial charge in [0, 0.05) is 24.8 Å². The smallest absolute Gasteiger partial charge is 0.243 e. The molecule has 8 heteroatoms. The van der Waals surface area contributed by atoms with Gasteiger partial charge in [-0.3, -0.25) is 4.68 Å². The molecule has 0 saturated carbocycles. The Labute approximate surface area is 149 Å². The first-order valence-electron chi connectivity index (χ1n) is 7.82. The number of nitrogens with one attached hydrogen (secondary N) is 2. The summed E-state index contributed by atoms with van der Waals surface area (Å²) in [6, 6.07) is 8.29. The van der Waals surface area contributed by atoms with Crippen LogP contribution in [0.5, 0.6) is 0 Å². The zero-order valence-corrected chi connectivity index (χ0v) is 15.4. The van der Waals surface area contributed by atoms with Crippen molar-refractivity contribution in [3.05, 3.63) is 47.8 Å². The number of fused-ring (bicyclic) bond motifs is 1. The van der Waals surface area contributed by atoms with Gasteiger partial charge in [0.2, 0.25) is 10.0 Å². The molecule has 24 heavy (non-hydrogen) atoms. The first kappa shape index (κ1) is 18.9. The average Bonchev–Trinajstić information content (AvgIpc) is 3.04. The van der Waals surface area contributed by atoms with Gasteiger partial charge in [0.1, 0.15) is 4.90 Å². The zero-order valence-electron chi connectivity index (χ0n) is 13.8. The molecular weight excluding hydrogens is 348 g/mol. The molecule has 1 aliphatic rings. The highest BCUT2D eigenvalue weighted by Crippen LogP contribution is 2.22. The van der Waals surface area contributed by atoms with Gasteiger partial charge in [0.25, 0.3) is 0 Å². The Morgan fingerprint density at radius 2 is 2.12 bits per heavy atom. The molecular formula is C16H23ClN4O2S. The van der Waals surface area contributed by atoms with Crippen LogP contribution < -0.4 is 10.0 Å². The van der Waals surface area contributed by atoms with Crippen LogP contribution in [0.15, 0.2) is 41.6 Å². The van der Waals surface area contributed by atoms with E-state index in [9.17, 15) is 8.42 Å². The molecule has 0 radical (unpaired) electrons. The number of hydrogen-bond acceptors (Lipinski definition) is 4. The van der Waals surface area contributed by atoms with E-state index in [1.165, 1.54) is 17.3 Å². The van der Waals surface area contributed by atoms with Crippen molar-refractivity contribution in [3.8, 4) is 0 Å². The van der Waals surface area contributed by atoms with Gasteiger partial charge in [-0.05, 0) is 37.9 Å². The van der Waals surface area contributed by atoms with E-state index < -0.39 is 10.0 Å². The van der Waals surface area contributed by atoms with Crippen LogP contribution in [-0.2, 0) is 16.4 Å². The summed E-state index contributed by atoms with van der Waals surface area (Å²) in [5.41, 5.74) is 2.45. The molecule has 0 fully saturated rings. The lowest BCUT2D eigenvalue weighted by molar-refractivity contribution is 0.491. The van der Waals surface area contributed by atoms with Crippen LogP contribution in [0.25, 0.3) is 0 Å². The van der Waals surface area contributed by atoms with E-state index in [0.717, 1.165) is 13.0 Å². The van der Waals surface area contributed by atoms with Gasteiger partial charge < -0.3 is 5.32 Å². The minimum atomic E-state index is -3.55. The van der Waals surface area contributed by atoms with E-state index in [1.54, 1.807) is 10.9 Å². The number of nitrogens with zero attached hydrogens (tertiary/aromatic N) is 2. The number of rotatable bonds is 5. The van der Waals surface area contributed by atoms with Crippen LogP contribution in [0.3, 0.4) is 0 Å². The van der Waals surface area contributed by atoms with Crippen molar-refractivity contribution in [1.29, 1.82) is 0 Å². The summed E-state index contributed by atoms with van der Waals surface area (Å²) in [6.07, 6.45) is 3.93. The highest BCUT2D eigenvalue weighted by molar-refractivity contribution is 7.89. The fourth-order valence-corrected chi connectivity index (χ4v) is 3.78. The predicted molar refractivity (Wildman–Crippen MR) is 95.9 cm³/mol. The van der Waals surface area contributed by atoms with E-state index in [0.29, 0.717) is 6.54 Å². The first-order chi connectivity index (χ1) is 11.0. The molecule has 0 saturated heterocycles. The van der Waals surface area contributed by atoms with Crippen molar-refractivity contribution < 1.29 is 8.42 Å². The molecule has 2 aromatic rings. The van der Waals surface area contributed by atoms with Gasteiger partial charge in [0.15, 0.2) is 0 Å². The van der Waals surface area contributed by atoms with Crippen molar-refractivity contribution >= 4 is 22.4 Å². The highest BCUT2D eigenvalue weighted by atomic mass is 35.5. The lowest BCUT2D eigenvalue weighted by Crippen LogP contribution is -2.38. The molecule has 132 valence electrons. The van der Waals surface area contributed by atoms with Crippen molar-refractivity contribution in [1.82, 2.24) is 19.8 Å². The number of halogens is 1. The molecule has 3 rings (SSSR count). The largest absolute Gasteiger partial charge is 0.308 e. The third-order valence-corrected chi connectivity index (χ3v) is 5.49. The monoisotopic (exact) mass is 370 g/mol. The second-order valence-corrected chi connectivity index (χ2v) is 7.82. The van der Waals surface area contributed by atoms with Gasteiger partial charge >= 0.3 is 0 Å². The minimum absolute atomic E-state index is 0. The van der Waals surface area contributed by atoms with Crippen molar-refractivity contribution in [3.63, 3.8) is 0 Å². The molecule has 2 heterocycles. The molecule has 0 amide bonds. The Bertz CT molecular complexity index is 789. The molecule has 0 bridgehead atoms. The van der Waals surface area contributed by atoms with E-state index in [4.69, 9.17) is 0 Å². The molecule has 0 aliphatic carbocycles. The predicted octanol–water partition coefficient (Wildman–Crippen LogP) is 2.05. The van der Waals surface area contributed by atoms with E-state index in [-0.39, 0.29) is 29.4 Å². The average molecular weight is 371 g/mol. The lowest BCUT2D eigenvalue weighted by Gasteiger charge is -2.27. The van der Waals surface area contributed by atoms with Gasteiger partial charge in [-0.1, -0.05) is 24.3 Å². The van der Waals surface area contributed by atoms with Crippen molar-refractivity contribution in [2.24, 2.45) is 0 Å². The molecule has 1 unspecified atom stereocenters. The van der Waals surface area contributed by atoms with Crippen molar-refractivity contribution in [2.75, 3.05) is 13.1 Å². The maximum Gasteiger partial charge on any atom is 0.243 e. The molecule has 1 aliphatic heterocycles. The summed E-state index contributed by atoms with van der Waals surface area (Å²) in [5, 5.41) is 7.47. The summed E-state index contributed by atoms with van der Waals surface area (Å²) < 4.78 is 29.2. The fourth-order valence-electron chi connectivity index (χ4n) is 2.79. The molecule has 2 N–H and O–H groups in total. The highest BCUT2D eigenvalue weighted by Gasteiger charge is 2.23. The summed E-state index contributed by atoms with van der Waals surface area (Å²) in [4.78, 5) is 0.204. The van der Waals surface area contributed by atoms with Gasteiger partial charge in [-0.2, -0.15) is 5.10 Å². The van der Waals surface area contributed by atoms with Crippen LogP contribution in [0.1, 0.15) is 37.1 Å². The Balaban J connectivity index is 0.00000208.